The molecule has 0 aliphatic rings. The van der Waals surface area contributed by atoms with Crippen molar-refractivity contribution in [2.45, 2.75) is 25.3 Å². The van der Waals surface area contributed by atoms with Crippen LogP contribution < -0.4 is 4.72 Å². The first-order valence-corrected chi connectivity index (χ1v) is 9.91. The van der Waals surface area contributed by atoms with E-state index in [-0.39, 0.29) is 10.7 Å². The van der Waals surface area contributed by atoms with Crippen LogP contribution in [0.1, 0.15) is 17.0 Å². The maximum Gasteiger partial charge on any atom is 0.266 e. The highest BCUT2D eigenvalue weighted by atomic mass is 35.5. The molecule has 0 spiro atoms. The molecule has 0 saturated heterocycles. The summed E-state index contributed by atoms with van der Waals surface area (Å²) in [6.07, 6.45) is 1.68. The maximum absolute atomic E-state index is 12.7. The van der Waals surface area contributed by atoms with Crippen molar-refractivity contribution in [1.82, 2.24) is 19.6 Å². The molecule has 0 amide bonds. The van der Waals surface area contributed by atoms with Gasteiger partial charge < -0.3 is 0 Å². The SMILES string of the molecule is Cc1nn(C)c(C)c1S(=O)(=O)Nc1ccn(Cc2ccc(Cl)c(Cl)c2)n1. The Morgan fingerprint density at radius 2 is 1.85 bits per heavy atom. The lowest BCUT2D eigenvalue weighted by molar-refractivity contribution is 0.599. The number of nitrogens with zero attached hydrogens (tertiary/aromatic N) is 4. The van der Waals surface area contributed by atoms with E-state index in [1.807, 2.05) is 6.07 Å². The molecule has 3 rings (SSSR count). The quantitative estimate of drug-likeness (QED) is 0.694. The molecule has 0 atom stereocenters. The van der Waals surface area contributed by atoms with E-state index < -0.39 is 10.0 Å². The largest absolute Gasteiger partial charge is 0.271 e. The van der Waals surface area contributed by atoms with E-state index in [9.17, 15) is 8.42 Å². The molecule has 26 heavy (non-hydrogen) atoms. The van der Waals surface area contributed by atoms with Gasteiger partial charge in [0.1, 0.15) is 4.90 Å². The normalized spacial score (nSPS) is 11.7. The molecule has 2 aromatic heterocycles. The molecule has 7 nitrogen and oxygen atoms in total. The first kappa shape index (κ1) is 18.8. The Labute approximate surface area is 161 Å². The fraction of sp³-hybridized carbons (Fsp3) is 0.250. The number of nitrogens with one attached hydrogen (secondary N) is 1. The summed E-state index contributed by atoms with van der Waals surface area (Å²) >= 11 is 11.9. The van der Waals surface area contributed by atoms with Gasteiger partial charge in [-0.05, 0) is 31.5 Å². The van der Waals surface area contributed by atoms with Crippen LogP contribution in [0, 0.1) is 13.8 Å². The van der Waals surface area contributed by atoms with Crippen LogP contribution >= 0.6 is 23.2 Å². The van der Waals surface area contributed by atoms with Crippen molar-refractivity contribution in [2.75, 3.05) is 4.72 Å². The third-order valence-electron chi connectivity index (χ3n) is 3.92. The van der Waals surface area contributed by atoms with Crippen molar-refractivity contribution >= 4 is 39.0 Å². The number of rotatable bonds is 5. The minimum atomic E-state index is -3.77. The van der Waals surface area contributed by atoms with Crippen molar-refractivity contribution in [1.29, 1.82) is 0 Å². The summed E-state index contributed by atoms with van der Waals surface area (Å²) in [5.74, 6) is 0.229. The second-order valence-corrected chi connectivity index (χ2v) is 8.31. The first-order valence-electron chi connectivity index (χ1n) is 7.68. The van der Waals surface area contributed by atoms with E-state index >= 15 is 0 Å². The Bertz CT molecular complexity index is 1070. The Morgan fingerprint density at radius 3 is 2.46 bits per heavy atom. The van der Waals surface area contributed by atoms with Crippen LogP contribution in [0.25, 0.3) is 0 Å². The van der Waals surface area contributed by atoms with E-state index in [1.165, 1.54) is 4.68 Å². The standard InChI is InChI=1S/C16H17Cl2N5O2S/c1-10-16(11(2)22(3)19-10)26(24,25)21-15-6-7-23(20-15)9-12-4-5-13(17)14(18)8-12/h4-8H,9H2,1-3H3,(H,20,21). The first-order chi connectivity index (χ1) is 12.2. The fourth-order valence-corrected chi connectivity index (χ4v) is 4.42. The second kappa shape index (κ2) is 6.94. The number of benzene rings is 1. The monoisotopic (exact) mass is 413 g/mol. The third-order valence-corrected chi connectivity index (χ3v) is 6.26. The smallest absolute Gasteiger partial charge is 0.266 e. The predicted molar refractivity (Wildman–Crippen MR) is 101 cm³/mol. The number of aromatic nitrogens is 4. The maximum atomic E-state index is 12.7. The highest BCUT2D eigenvalue weighted by Crippen LogP contribution is 2.24. The van der Waals surface area contributed by atoms with Crippen LogP contribution in [0.2, 0.25) is 10.0 Å². The summed E-state index contributed by atoms with van der Waals surface area (Å²) in [5, 5.41) is 9.34. The van der Waals surface area contributed by atoms with Gasteiger partial charge in [-0.25, -0.2) is 8.42 Å². The van der Waals surface area contributed by atoms with Gasteiger partial charge in [0.2, 0.25) is 0 Å². The zero-order chi connectivity index (χ0) is 19.1. The van der Waals surface area contributed by atoms with Gasteiger partial charge in [0.15, 0.2) is 5.82 Å². The summed E-state index contributed by atoms with van der Waals surface area (Å²) < 4.78 is 31.0. The number of aryl methyl sites for hydroxylation is 2. The molecule has 1 N–H and O–H groups in total. The molecule has 0 aliphatic carbocycles. The van der Waals surface area contributed by atoms with Crippen molar-refractivity contribution < 1.29 is 8.42 Å². The molecule has 10 heteroatoms. The van der Waals surface area contributed by atoms with Gasteiger partial charge in [-0.2, -0.15) is 10.2 Å². The highest BCUT2D eigenvalue weighted by Gasteiger charge is 2.24. The van der Waals surface area contributed by atoms with Gasteiger partial charge in [-0.15, -0.1) is 0 Å². The van der Waals surface area contributed by atoms with Crippen LogP contribution in [0.5, 0.6) is 0 Å². The van der Waals surface area contributed by atoms with E-state index in [0.717, 1.165) is 5.56 Å². The zero-order valence-electron chi connectivity index (χ0n) is 14.4. The van der Waals surface area contributed by atoms with Gasteiger partial charge in [-0.3, -0.25) is 14.1 Å². The Kier molecular flexibility index (Phi) is 5.01. The molecule has 3 aromatic rings. The third kappa shape index (κ3) is 3.72. The molecular formula is C16H17Cl2N5O2S. The molecule has 1 aromatic carbocycles. The molecule has 138 valence electrons. The molecule has 0 saturated carbocycles. The second-order valence-electron chi connectivity index (χ2n) is 5.88. The summed E-state index contributed by atoms with van der Waals surface area (Å²) in [5.41, 5.74) is 1.90. The van der Waals surface area contributed by atoms with E-state index in [4.69, 9.17) is 23.2 Å². The molecule has 0 fully saturated rings. The van der Waals surface area contributed by atoms with Crippen LogP contribution in [-0.4, -0.2) is 28.0 Å². The van der Waals surface area contributed by atoms with Crippen molar-refractivity contribution in [2.24, 2.45) is 7.05 Å². The molecule has 0 unspecified atom stereocenters. The summed E-state index contributed by atoms with van der Waals surface area (Å²) in [6, 6.07) is 6.89. The van der Waals surface area contributed by atoms with Crippen molar-refractivity contribution in [3.8, 4) is 0 Å². The van der Waals surface area contributed by atoms with Crippen molar-refractivity contribution in [3.63, 3.8) is 0 Å². The summed E-state index contributed by atoms with van der Waals surface area (Å²) in [7, 11) is -2.07. The van der Waals surface area contributed by atoms with Crippen LogP contribution in [-0.2, 0) is 23.6 Å². The molecular weight excluding hydrogens is 397 g/mol. The van der Waals surface area contributed by atoms with E-state index in [2.05, 4.69) is 14.9 Å². The number of sulfonamides is 1. The number of hydrogen-bond donors (Lipinski definition) is 1. The van der Waals surface area contributed by atoms with Gasteiger partial charge in [0.05, 0.1) is 28.0 Å². The lowest BCUT2D eigenvalue weighted by Crippen LogP contribution is -2.15. The minimum Gasteiger partial charge on any atom is -0.271 e. The van der Waals surface area contributed by atoms with Gasteiger partial charge in [0.25, 0.3) is 10.0 Å². The average Bonchev–Trinajstić information content (AvgIpc) is 3.07. The molecule has 2 heterocycles. The minimum absolute atomic E-state index is 0.166. The van der Waals surface area contributed by atoms with Gasteiger partial charge >= 0.3 is 0 Å². The van der Waals surface area contributed by atoms with Crippen molar-refractivity contribution in [3.05, 3.63) is 57.5 Å². The average molecular weight is 414 g/mol. The Hall–Kier alpha value is -2.03. The Balaban J connectivity index is 1.80. The van der Waals surface area contributed by atoms with Gasteiger partial charge in [0, 0.05) is 19.3 Å². The lowest BCUT2D eigenvalue weighted by atomic mass is 10.2. The van der Waals surface area contributed by atoms with Crippen LogP contribution in [0.3, 0.4) is 0 Å². The van der Waals surface area contributed by atoms with Gasteiger partial charge in [-0.1, -0.05) is 29.3 Å². The van der Waals surface area contributed by atoms with E-state index in [0.29, 0.717) is 28.0 Å². The fourth-order valence-electron chi connectivity index (χ4n) is 2.66. The predicted octanol–water partition coefficient (Wildman–Crippen LogP) is 3.39. The number of halogens is 2. The van der Waals surface area contributed by atoms with Crippen LogP contribution in [0.15, 0.2) is 35.4 Å². The molecule has 0 radical (unpaired) electrons. The number of hydrogen-bond acceptors (Lipinski definition) is 4. The zero-order valence-corrected chi connectivity index (χ0v) is 16.7. The summed E-state index contributed by atoms with van der Waals surface area (Å²) in [4.78, 5) is 0.166. The van der Waals surface area contributed by atoms with Crippen LogP contribution in [0.4, 0.5) is 5.82 Å². The summed E-state index contributed by atoms with van der Waals surface area (Å²) in [6.45, 7) is 3.80. The lowest BCUT2D eigenvalue weighted by Gasteiger charge is -2.06. The number of anilines is 1. The topological polar surface area (TPSA) is 81.8 Å². The van der Waals surface area contributed by atoms with E-state index in [1.54, 1.807) is 50.0 Å². The molecule has 0 bridgehead atoms. The Morgan fingerprint density at radius 1 is 1.12 bits per heavy atom. The highest BCUT2D eigenvalue weighted by molar-refractivity contribution is 7.92. The molecule has 0 aliphatic heterocycles.